The van der Waals surface area contributed by atoms with Gasteiger partial charge in [-0.15, -0.1) is 6.58 Å². The number of benzene rings is 1. The lowest BCUT2D eigenvalue weighted by atomic mass is 10.2. The van der Waals surface area contributed by atoms with E-state index in [9.17, 15) is 9.59 Å². The minimum atomic E-state index is -0.119. The molecule has 1 aromatic rings. The van der Waals surface area contributed by atoms with Gasteiger partial charge >= 0.3 is 0 Å². The first-order valence-electron chi connectivity index (χ1n) is 6.13. The summed E-state index contributed by atoms with van der Waals surface area (Å²) in [5, 5.41) is 2.76. The van der Waals surface area contributed by atoms with Gasteiger partial charge in [0.15, 0.2) is 6.61 Å². The molecule has 0 fully saturated rings. The normalized spacial score (nSPS) is 13.5. The standard InChI is InChI=1S/C14H16N2O3/c1-3-7-16-11-8-10(15-13(17)4-2)5-6-12(11)19-9-14(16)18/h3,5-6,8H,1,4,7,9H2,2H3,(H,15,17). The number of nitrogens with zero attached hydrogens (tertiary/aromatic N) is 1. The third-order valence-corrected chi connectivity index (χ3v) is 2.82. The highest BCUT2D eigenvalue weighted by molar-refractivity contribution is 5.99. The molecule has 0 spiro atoms. The molecule has 0 unspecified atom stereocenters. The first-order valence-corrected chi connectivity index (χ1v) is 6.13. The number of carbonyl (C=O) groups excluding carboxylic acids is 2. The number of amides is 2. The maximum atomic E-state index is 11.8. The molecule has 19 heavy (non-hydrogen) atoms. The summed E-state index contributed by atoms with van der Waals surface area (Å²) in [5.74, 6) is 0.445. The van der Waals surface area contributed by atoms with Gasteiger partial charge in [-0.3, -0.25) is 9.59 Å². The van der Waals surface area contributed by atoms with Gasteiger partial charge in [-0.25, -0.2) is 0 Å². The molecule has 1 heterocycles. The molecule has 1 aliphatic heterocycles. The quantitative estimate of drug-likeness (QED) is 0.842. The van der Waals surface area contributed by atoms with Crippen LogP contribution in [0.4, 0.5) is 11.4 Å². The zero-order chi connectivity index (χ0) is 13.8. The van der Waals surface area contributed by atoms with Crippen LogP contribution in [0.25, 0.3) is 0 Å². The SMILES string of the molecule is C=CCN1C(=O)COc2ccc(NC(=O)CC)cc21. The lowest BCUT2D eigenvalue weighted by Crippen LogP contribution is -2.38. The number of ether oxygens (including phenoxy) is 1. The van der Waals surface area contributed by atoms with Crippen molar-refractivity contribution in [2.45, 2.75) is 13.3 Å². The zero-order valence-corrected chi connectivity index (χ0v) is 10.8. The highest BCUT2D eigenvalue weighted by Gasteiger charge is 2.24. The number of fused-ring (bicyclic) bond motifs is 1. The molecule has 0 radical (unpaired) electrons. The molecule has 1 aliphatic rings. The molecular weight excluding hydrogens is 244 g/mol. The van der Waals surface area contributed by atoms with E-state index >= 15 is 0 Å². The fourth-order valence-electron chi connectivity index (χ4n) is 1.86. The van der Waals surface area contributed by atoms with E-state index in [1.165, 1.54) is 0 Å². The van der Waals surface area contributed by atoms with Crippen LogP contribution in [0, 0.1) is 0 Å². The predicted molar refractivity (Wildman–Crippen MR) is 73.4 cm³/mol. The maximum absolute atomic E-state index is 11.8. The largest absolute Gasteiger partial charge is 0.482 e. The average molecular weight is 260 g/mol. The van der Waals surface area contributed by atoms with Crippen molar-refractivity contribution in [3.63, 3.8) is 0 Å². The van der Waals surface area contributed by atoms with E-state index in [1.807, 2.05) is 0 Å². The molecule has 0 bridgehead atoms. The van der Waals surface area contributed by atoms with Crippen LogP contribution in [0.2, 0.25) is 0 Å². The third kappa shape index (κ3) is 2.76. The predicted octanol–water partition coefficient (Wildman–Crippen LogP) is 1.95. The molecular formula is C14H16N2O3. The third-order valence-electron chi connectivity index (χ3n) is 2.82. The lowest BCUT2D eigenvalue weighted by molar-refractivity contribution is -0.121. The van der Waals surface area contributed by atoms with E-state index in [-0.39, 0.29) is 18.4 Å². The zero-order valence-electron chi connectivity index (χ0n) is 10.8. The summed E-state index contributed by atoms with van der Waals surface area (Å²) in [5.41, 5.74) is 1.31. The van der Waals surface area contributed by atoms with Gasteiger partial charge in [0.25, 0.3) is 5.91 Å². The number of nitrogens with one attached hydrogen (secondary N) is 1. The van der Waals surface area contributed by atoms with Crippen molar-refractivity contribution >= 4 is 23.2 Å². The van der Waals surface area contributed by atoms with Gasteiger partial charge in [-0.05, 0) is 18.2 Å². The Labute approximate surface area is 111 Å². The highest BCUT2D eigenvalue weighted by atomic mass is 16.5. The van der Waals surface area contributed by atoms with Gasteiger partial charge in [-0.2, -0.15) is 0 Å². The van der Waals surface area contributed by atoms with Crippen LogP contribution >= 0.6 is 0 Å². The van der Waals surface area contributed by atoms with Gasteiger partial charge in [0.05, 0.1) is 5.69 Å². The Hall–Kier alpha value is -2.30. The van der Waals surface area contributed by atoms with E-state index in [2.05, 4.69) is 11.9 Å². The monoisotopic (exact) mass is 260 g/mol. The topological polar surface area (TPSA) is 58.6 Å². The Morgan fingerprint density at radius 3 is 3.05 bits per heavy atom. The molecule has 1 N–H and O–H groups in total. The van der Waals surface area contributed by atoms with Gasteiger partial charge in [0, 0.05) is 18.7 Å². The highest BCUT2D eigenvalue weighted by Crippen LogP contribution is 2.34. The minimum absolute atomic E-state index is 0.0293. The Bertz CT molecular complexity index is 525. The molecule has 2 amide bonds. The summed E-state index contributed by atoms with van der Waals surface area (Å²) in [7, 11) is 0. The number of hydrogen-bond acceptors (Lipinski definition) is 3. The van der Waals surface area contributed by atoms with Crippen LogP contribution in [-0.2, 0) is 9.59 Å². The van der Waals surface area contributed by atoms with Crippen LogP contribution in [0.15, 0.2) is 30.9 Å². The fourth-order valence-corrected chi connectivity index (χ4v) is 1.86. The van der Waals surface area contributed by atoms with E-state index in [4.69, 9.17) is 4.74 Å². The summed E-state index contributed by atoms with van der Waals surface area (Å²) in [6, 6.07) is 5.25. The lowest BCUT2D eigenvalue weighted by Gasteiger charge is -2.28. The fraction of sp³-hybridized carbons (Fsp3) is 0.286. The molecule has 5 nitrogen and oxygen atoms in total. The molecule has 5 heteroatoms. The Balaban J connectivity index is 2.32. The second-order valence-corrected chi connectivity index (χ2v) is 4.17. The summed E-state index contributed by atoms with van der Waals surface area (Å²) in [6.07, 6.45) is 2.06. The van der Waals surface area contributed by atoms with Crippen molar-refractivity contribution in [3.05, 3.63) is 30.9 Å². The summed E-state index contributed by atoms with van der Waals surface area (Å²) in [4.78, 5) is 24.8. The van der Waals surface area contributed by atoms with Crippen molar-refractivity contribution in [3.8, 4) is 5.75 Å². The molecule has 0 aliphatic carbocycles. The Morgan fingerprint density at radius 1 is 1.58 bits per heavy atom. The van der Waals surface area contributed by atoms with Crippen LogP contribution in [0.3, 0.4) is 0 Å². The molecule has 0 saturated heterocycles. The van der Waals surface area contributed by atoms with Crippen LogP contribution < -0.4 is 15.0 Å². The van der Waals surface area contributed by atoms with Crippen molar-refractivity contribution < 1.29 is 14.3 Å². The van der Waals surface area contributed by atoms with E-state index < -0.39 is 0 Å². The summed E-state index contributed by atoms with van der Waals surface area (Å²) < 4.78 is 5.36. The average Bonchev–Trinajstić information content (AvgIpc) is 2.42. The Kier molecular flexibility index (Phi) is 3.85. The van der Waals surface area contributed by atoms with Crippen molar-refractivity contribution in [1.82, 2.24) is 0 Å². The summed E-state index contributed by atoms with van der Waals surface area (Å²) >= 11 is 0. The number of anilines is 2. The second-order valence-electron chi connectivity index (χ2n) is 4.17. The van der Waals surface area contributed by atoms with Gasteiger partial charge in [0.1, 0.15) is 5.75 Å². The molecule has 0 saturated carbocycles. The number of carbonyl (C=O) groups is 2. The van der Waals surface area contributed by atoms with Crippen molar-refractivity contribution in [2.24, 2.45) is 0 Å². The maximum Gasteiger partial charge on any atom is 0.265 e. The molecule has 0 aromatic heterocycles. The van der Waals surface area contributed by atoms with Crippen LogP contribution in [0.1, 0.15) is 13.3 Å². The number of rotatable bonds is 4. The first-order chi connectivity index (χ1) is 9.15. The molecule has 2 rings (SSSR count). The van der Waals surface area contributed by atoms with E-state index in [0.717, 1.165) is 0 Å². The van der Waals surface area contributed by atoms with Crippen molar-refractivity contribution in [1.29, 1.82) is 0 Å². The van der Waals surface area contributed by atoms with Gasteiger partial charge < -0.3 is 15.0 Å². The minimum Gasteiger partial charge on any atom is -0.482 e. The van der Waals surface area contributed by atoms with E-state index in [0.29, 0.717) is 30.1 Å². The Morgan fingerprint density at radius 2 is 2.37 bits per heavy atom. The molecule has 1 aromatic carbocycles. The van der Waals surface area contributed by atoms with Crippen molar-refractivity contribution in [2.75, 3.05) is 23.4 Å². The van der Waals surface area contributed by atoms with Gasteiger partial charge in [0.2, 0.25) is 5.91 Å². The number of hydrogen-bond donors (Lipinski definition) is 1. The molecule has 100 valence electrons. The van der Waals surface area contributed by atoms with Crippen LogP contribution in [0.5, 0.6) is 5.75 Å². The van der Waals surface area contributed by atoms with E-state index in [1.54, 1.807) is 36.1 Å². The smallest absolute Gasteiger partial charge is 0.265 e. The van der Waals surface area contributed by atoms with Gasteiger partial charge in [-0.1, -0.05) is 13.0 Å². The van der Waals surface area contributed by atoms with Crippen LogP contribution in [-0.4, -0.2) is 25.0 Å². The first kappa shape index (κ1) is 13.1. The second kappa shape index (κ2) is 5.56. The molecule has 0 atom stereocenters. The summed E-state index contributed by atoms with van der Waals surface area (Å²) in [6.45, 7) is 5.87.